The predicted molar refractivity (Wildman–Crippen MR) is 71.2 cm³/mol. The monoisotopic (exact) mass is 323 g/mol. The topological polar surface area (TPSA) is 46.6 Å². The highest BCUT2D eigenvalue weighted by molar-refractivity contribution is 7.89. The van der Waals surface area contributed by atoms with Gasteiger partial charge in [-0.2, -0.15) is 17.5 Å². The van der Waals surface area contributed by atoms with E-state index in [2.05, 4.69) is 0 Å². The van der Waals surface area contributed by atoms with Gasteiger partial charge < -0.3 is 4.74 Å². The number of hydrogen-bond donors (Lipinski definition) is 0. The highest BCUT2D eigenvalue weighted by atomic mass is 32.2. The van der Waals surface area contributed by atoms with Gasteiger partial charge in [-0.25, -0.2) is 8.42 Å². The standard InChI is InChI=1S/C13H16F3NO3S/c1-2-21(18,19)17-7-8-20-12(9-17)10-3-5-11(6-4-10)13(14,15)16/h3-6,12H,2,7-9H2,1H3/t12-/m1/s1. The normalized spacial score (nSPS) is 21.4. The number of ether oxygens (including phenoxy) is 1. The number of rotatable bonds is 3. The molecule has 1 aromatic rings. The number of sulfonamides is 1. The average molecular weight is 323 g/mol. The Morgan fingerprint density at radius 2 is 1.90 bits per heavy atom. The molecule has 0 unspecified atom stereocenters. The number of benzene rings is 1. The Morgan fingerprint density at radius 3 is 2.43 bits per heavy atom. The van der Waals surface area contributed by atoms with Crippen molar-refractivity contribution >= 4 is 10.0 Å². The quantitative estimate of drug-likeness (QED) is 0.858. The Balaban J connectivity index is 2.15. The lowest BCUT2D eigenvalue weighted by molar-refractivity contribution is -0.137. The summed E-state index contributed by atoms with van der Waals surface area (Å²) in [6.07, 6.45) is -4.92. The van der Waals surface area contributed by atoms with Crippen molar-refractivity contribution in [3.8, 4) is 0 Å². The van der Waals surface area contributed by atoms with Gasteiger partial charge in [0.15, 0.2) is 0 Å². The lowest BCUT2D eigenvalue weighted by Crippen LogP contribution is -2.42. The van der Waals surface area contributed by atoms with Crippen LogP contribution >= 0.6 is 0 Å². The summed E-state index contributed by atoms with van der Waals surface area (Å²) < 4.78 is 68.0. The minimum atomic E-state index is -4.39. The van der Waals surface area contributed by atoms with E-state index in [9.17, 15) is 21.6 Å². The molecule has 0 spiro atoms. The van der Waals surface area contributed by atoms with Gasteiger partial charge in [0.1, 0.15) is 0 Å². The molecule has 1 fully saturated rings. The van der Waals surface area contributed by atoms with Crippen LogP contribution in [0.5, 0.6) is 0 Å². The molecule has 0 saturated carbocycles. The summed E-state index contributed by atoms with van der Waals surface area (Å²) in [7, 11) is -3.32. The summed E-state index contributed by atoms with van der Waals surface area (Å²) in [5, 5.41) is 0. The van der Waals surface area contributed by atoms with E-state index < -0.39 is 27.9 Å². The molecule has 0 aliphatic carbocycles. The predicted octanol–water partition coefficient (Wildman–Crippen LogP) is 2.43. The summed E-state index contributed by atoms with van der Waals surface area (Å²) in [6.45, 7) is 2.18. The van der Waals surface area contributed by atoms with Crippen molar-refractivity contribution in [3.63, 3.8) is 0 Å². The first-order chi connectivity index (χ1) is 9.74. The maximum atomic E-state index is 12.5. The second-order valence-electron chi connectivity index (χ2n) is 4.74. The van der Waals surface area contributed by atoms with E-state index in [1.165, 1.54) is 16.4 Å². The van der Waals surface area contributed by atoms with Crippen molar-refractivity contribution in [1.29, 1.82) is 0 Å². The van der Waals surface area contributed by atoms with Crippen LogP contribution in [0, 0.1) is 0 Å². The lowest BCUT2D eigenvalue weighted by atomic mass is 10.1. The van der Waals surface area contributed by atoms with E-state index in [-0.39, 0.29) is 25.4 Å². The van der Waals surface area contributed by atoms with Crippen LogP contribution in [0.1, 0.15) is 24.2 Å². The maximum Gasteiger partial charge on any atom is 0.416 e. The van der Waals surface area contributed by atoms with Crippen LogP contribution in [-0.4, -0.2) is 38.2 Å². The molecular formula is C13H16F3NO3S. The Kier molecular flexibility index (Phi) is 4.60. The molecule has 1 atom stereocenters. The molecule has 0 aromatic heterocycles. The number of alkyl halides is 3. The van der Waals surface area contributed by atoms with E-state index in [1.54, 1.807) is 6.92 Å². The largest absolute Gasteiger partial charge is 0.416 e. The van der Waals surface area contributed by atoms with Crippen LogP contribution in [0.2, 0.25) is 0 Å². The highest BCUT2D eigenvalue weighted by Crippen LogP contribution is 2.31. The Bertz CT molecular complexity index is 584. The second kappa shape index (κ2) is 5.94. The molecule has 0 N–H and O–H groups in total. The summed E-state index contributed by atoms with van der Waals surface area (Å²) in [5.41, 5.74) is -0.195. The van der Waals surface area contributed by atoms with E-state index >= 15 is 0 Å². The van der Waals surface area contributed by atoms with E-state index in [4.69, 9.17) is 4.74 Å². The van der Waals surface area contributed by atoms with Gasteiger partial charge in [0.05, 0.1) is 24.0 Å². The molecule has 4 nitrogen and oxygen atoms in total. The van der Waals surface area contributed by atoms with Gasteiger partial charge in [-0.15, -0.1) is 0 Å². The Morgan fingerprint density at radius 1 is 1.29 bits per heavy atom. The smallest absolute Gasteiger partial charge is 0.371 e. The number of hydrogen-bond acceptors (Lipinski definition) is 3. The van der Waals surface area contributed by atoms with Crippen LogP contribution in [0.4, 0.5) is 13.2 Å². The number of halogens is 3. The van der Waals surface area contributed by atoms with Gasteiger partial charge in [-0.3, -0.25) is 0 Å². The van der Waals surface area contributed by atoms with Crippen LogP contribution in [-0.2, 0) is 20.9 Å². The first kappa shape index (κ1) is 16.3. The third-order valence-electron chi connectivity index (χ3n) is 3.40. The summed E-state index contributed by atoms with van der Waals surface area (Å²) in [4.78, 5) is 0. The zero-order valence-corrected chi connectivity index (χ0v) is 12.2. The van der Waals surface area contributed by atoms with Crippen LogP contribution in [0.25, 0.3) is 0 Å². The van der Waals surface area contributed by atoms with E-state index in [0.717, 1.165) is 12.1 Å². The number of nitrogens with zero attached hydrogens (tertiary/aromatic N) is 1. The maximum absolute atomic E-state index is 12.5. The molecular weight excluding hydrogens is 307 g/mol. The Hall–Kier alpha value is -1.12. The molecule has 0 amide bonds. The molecule has 1 saturated heterocycles. The van der Waals surface area contributed by atoms with Gasteiger partial charge in [-0.1, -0.05) is 12.1 Å². The van der Waals surface area contributed by atoms with Crippen molar-refractivity contribution < 1.29 is 26.3 Å². The molecule has 118 valence electrons. The van der Waals surface area contributed by atoms with Crippen LogP contribution < -0.4 is 0 Å². The summed E-state index contributed by atoms with van der Waals surface area (Å²) >= 11 is 0. The third-order valence-corrected chi connectivity index (χ3v) is 5.25. The van der Waals surface area contributed by atoms with Crippen LogP contribution in [0.3, 0.4) is 0 Å². The second-order valence-corrected chi connectivity index (χ2v) is 7.00. The minimum Gasteiger partial charge on any atom is -0.371 e. The zero-order chi connectivity index (χ0) is 15.7. The fourth-order valence-electron chi connectivity index (χ4n) is 2.15. The van der Waals surface area contributed by atoms with Crippen molar-refractivity contribution in [2.24, 2.45) is 0 Å². The van der Waals surface area contributed by atoms with Crippen molar-refractivity contribution in [2.45, 2.75) is 19.2 Å². The molecule has 0 bridgehead atoms. The molecule has 21 heavy (non-hydrogen) atoms. The summed E-state index contributed by atoms with van der Waals surface area (Å²) in [6, 6.07) is 4.61. The van der Waals surface area contributed by atoms with Gasteiger partial charge in [-0.05, 0) is 24.6 Å². The molecule has 8 heteroatoms. The van der Waals surface area contributed by atoms with Gasteiger partial charge in [0, 0.05) is 13.1 Å². The van der Waals surface area contributed by atoms with Gasteiger partial charge in [0.2, 0.25) is 10.0 Å². The average Bonchev–Trinajstić information content (AvgIpc) is 2.46. The van der Waals surface area contributed by atoms with Crippen molar-refractivity contribution in [2.75, 3.05) is 25.4 Å². The fraction of sp³-hybridized carbons (Fsp3) is 0.538. The number of morpholine rings is 1. The van der Waals surface area contributed by atoms with Crippen molar-refractivity contribution in [1.82, 2.24) is 4.31 Å². The molecule has 1 heterocycles. The minimum absolute atomic E-state index is 0.00721. The molecule has 1 aliphatic rings. The highest BCUT2D eigenvalue weighted by Gasteiger charge is 2.32. The first-order valence-corrected chi connectivity index (χ1v) is 8.11. The fourth-order valence-corrected chi connectivity index (χ4v) is 3.23. The van der Waals surface area contributed by atoms with Gasteiger partial charge in [0.25, 0.3) is 0 Å². The van der Waals surface area contributed by atoms with Crippen molar-refractivity contribution in [3.05, 3.63) is 35.4 Å². The Labute approximate surface area is 121 Å². The van der Waals surface area contributed by atoms with Crippen LogP contribution in [0.15, 0.2) is 24.3 Å². The van der Waals surface area contributed by atoms with E-state index in [1.807, 2.05) is 0 Å². The first-order valence-electron chi connectivity index (χ1n) is 6.50. The SMILES string of the molecule is CCS(=O)(=O)N1CCO[C@@H](c2ccc(C(F)(F)F)cc2)C1. The third kappa shape index (κ3) is 3.75. The summed E-state index contributed by atoms with van der Waals surface area (Å²) in [5.74, 6) is -0.00721. The molecule has 1 aromatic carbocycles. The molecule has 2 rings (SSSR count). The lowest BCUT2D eigenvalue weighted by Gasteiger charge is -2.32. The van der Waals surface area contributed by atoms with Gasteiger partial charge >= 0.3 is 6.18 Å². The molecule has 0 radical (unpaired) electrons. The molecule has 1 aliphatic heterocycles. The van der Waals surface area contributed by atoms with E-state index in [0.29, 0.717) is 5.56 Å². The zero-order valence-electron chi connectivity index (χ0n) is 11.4.